The quantitative estimate of drug-likeness (QED) is 0.527. The highest BCUT2D eigenvalue weighted by Gasteiger charge is 2.31. The lowest BCUT2D eigenvalue weighted by molar-refractivity contribution is -0.274. The molecule has 0 bridgehead atoms. The Hall–Kier alpha value is -3.05. The van der Waals surface area contributed by atoms with Gasteiger partial charge in [0.2, 0.25) is 0 Å². The number of aromatic nitrogens is 1. The van der Waals surface area contributed by atoms with Crippen molar-refractivity contribution in [1.29, 1.82) is 0 Å². The first-order chi connectivity index (χ1) is 13.1. The zero-order valence-electron chi connectivity index (χ0n) is 13.5. The number of fused-ring (bicyclic) bond motifs is 1. The van der Waals surface area contributed by atoms with E-state index in [4.69, 9.17) is 16.7 Å². The Kier molecular flexibility index (Phi) is 5.29. The number of alkyl halides is 3. The summed E-state index contributed by atoms with van der Waals surface area (Å²) in [6, 6.07) is 6.78. The molecule has 3 rings (SSSR count). The summed E-state index contributed by atoms with van der Waals surface area (Å²) >= 11 is 6.78. The third kappa shape index (κ3) is 4.81. The fourth-order valence-corrected chi connectivity index (χ4v) is 3.33. The van der Waals surface area contributed by atoms with Crippen LogP contribution >= 0.6 is 22.9 Å². The largest absolute Gasteiger partial charge is 0.573 e. The first-order valence-electron chi connectivity index (χ1n) is 7.38. The van der Waals surface area contributed by atoms with E-state index >= 15 is 0 Å². The van der Waals surface area contributed by atoms with Crippen LogP contribution < -0.4 is 15.4 Å². The second kappa shape index (κ2) is 7.52. The van der Waals surface area contributed by atoms with Gasteiger partial charge in [-0.1, -0.05) is 22.9 Å². The minimum Gasteiger partial charge on any atom is -0.478 e. The number of nitrogens with zero attached hydrogens (tertiary/aromatic N) is 1. The molecule has 0 spiro atoms. The van der Waals surface area contributed by atoms with Crippen LogP contribution in [-0.2, 0) is 0 Å². The molecule has 0 aliphatic rings. The number of halogens is 4. The minimum absolute atomic E-state index is 0.0533. The van der Waals surface area contributed by atoms with Crippen LogP contribution in [0.25, 0.3) is 10.2 Å². The number of ether oxygens (including phenoxy) is 1. The molecule has 7 nitrogen and oxygen atoms in total. The van der Waals surface area contributed by atoms with E-state index < -0.39 is 24.1 Å². The molecule has 2 aromatic carbocycles. The first-order valence-corrected chi connectivity index (χ1v) is 8.57. The van der Waals surface area contributed by atoms with Crippen molar-refractivity contribution in [1.82, 2.24) is 4.98 Å². The van der Waals surface area contributed by atoms with E-state index in [0.29, 0.717) is 10.2 Å². The molecule has 3 aromatic rings. The number of hydrogen-bond donors (Lipinski definition) is 3. The molecular weight excluding hydrogens is 423 g/mol. The molecule has 0 saturated carbocycles. The van der Waals surface area contributed by atoms with E-state index in [0.717, 1.165) is 23.5 Å². The molecule has 0 radical (unpaired) electrons. The first kappa shape index (κ1) is 19.7. The number of amides is 2. The smallest absolute Gasteiger partial charge is 0.478 e. The predicted octanol–water partition coefficient (Wildman–Crippen LogP) is 5.19. The lowest BCUT2D eigenvalue weighted by Gasteiger charge is -2.07. The van der Waals surface area contributed by atoms with Crippen LogP contribution in [0.1, 0.15) is 10.4 Å². The van der Waals surface area contributed by atoms with Gasteiger partial charge in [-0.3, -0.25) is 5.32 Å². The number of carbonyl (C=O) groups excluding carboxylic acids is 1. The number of anilines is 2. The van der Waals surface area contributed by atoms with E-state index in [9.17, 15) is 22.8 Å². The fourth-order valence-electron chi connectivity index (χ4n) is 2.18. The molecule has 0 atom stereocenters. The number of hydrogen-bond acceptors (Lipinski definition) is 5. The third-order valence-corrected chi connectivity index (χ3v) is 4.52. The summed E-state index contributed by atoms with van der Waals surface area (Å²) in [5.41, 5.74) is 0.508. The van der Waals surface area contributed by atoms with Gasteiger partial charge in [0.15, 0.2) is 5.13 Å². The van der Waals surface area contributed by atoms with Crippen molar-refractivity contribution in [3.63, 3.8) is 0 Å². The van der Waals surface area contributed by atoms with E-state index in [2.05, 4.69) is 20.4 Å². The summed E-state index contributed by atoms with van der Waals surface area (Å²) in [6.07, 6.45) is -4.81. The highest BCUT2D eigenvalue weighted by atomic mass is 35.5. The molecule has 0 aliphatic carbocycles. The van der Waals surface area contributed by atoms with Gasteiger partial charge in [0, 0.05) is 11.8 Å². The summed E-state index contributed by atoms with van der Waals surface area (Å²) in [6.45, 7) is 0. The van der Waals surface area contributed by atoms with Crippen molar-refractivity contribution in [2.24, 2.45) is 0 Å². The van der Waals surface area contributed by atoms with Crippen molar-refractivity contribution in [2.45, 2.75) is 6.36 Å². The lowest BCUT2D eigenvalue weighted by Crippen LogP contribution is -2.19. The highest BCUT2D eigenvalue weighted by molar-refractivity contribution is 7.22. The Morgan fingerprint density at radius 3 is 2.54 bits per heavy atom. The van der Waals surface area contributed by atoms with Crippen molar-refractivity contribution < 1.29 is 32.6 Å². The standard InChI is InChI=1S/C16H9ClF3N3O4S/c17-10-5-7(1-3-9(10)13(24)25)21-14(26)23-15-22-11-4-2-8(6-12(11)28-15)27-16(18,19)20/h1-6H,(H,24,25)(H2,21,22,23,26). The summed E-state index contributed by atoms with van der Waals surface area (Å²) in [4.78, 5) is 27.1. The number of benzene rings is 2. The summed E-state index contributed by atoms with van der Waals surface area (Å²) in [7, 11) is 0. The van der Waals surface area contributed by atoms with Crippen molar-refractivity contribution in [3.05, 3.63) is 47.0 Å². The van der Waals surface area contributed by atoms with E-state index in [1.54, 1.807) is 0 Å². The molecule has 146 valence electrons. The van der Waals surface area contributed by atoms with Gasteiger partial charge >= 0.3 is 18.4 Å². The fraction of sp³-hybridized carbons (Fsp3) is 0.0625. The SMILES string of the molecule is O=C(Nc1ccc(C(=O)O)c(Cl)c1)Nc1nc2ccc(OC(F)(F)F)cc2s1. The molecule has 0 saturated heterocycles. The Morgan fingerprint density at radius 2 is 1.89 bits per heavy atom. The molecule has 1 heterocycles. The van der Waals surface area contributed by atoms with Gasteiger partial charge in [-0.25, -0.2) is 14.6 Å². The lowest BCUT2D eigenvalue weighted by atomic mass is 10.2. The molecule has 28 heavy (non-hydrogen) atoms. The van der Waals surface area contributed by atoms with Crippen molar-refractivity contribution in [3.8, 4) is 5.75 Å². The van der Waals surface area contributed by atoms with Gasteiger partial charge in [0.05, 0.1) is 20.8 Å². The Balaban J connectivity index is 1.71. The summed E-state index contributed by atoms with van der Waals surface area (Å²) in [5, 5.41) is 13.9. The number of carbonyl (C=O) groups is 2. The number of aromatic carboxylic acids is 1. The normalized spacial score (nSPS) is 11.3. The molecule has 0 unspecified atom stereocenters. The van der Waals surface area contributed by atoms with E-state index in [1.165, 1.54) is 24.3 Å². The Labute approximate surface area is 163 Å². The van der Waals surface area contributed by atoms with Crippen LogP contribution in [0.3, 0.4) is 0 Å². The molecule has 0 aliphatic heterocycles. The number of rotatable bonds is 4. The third-order valence-electron chi connectivity index (χ3n) is 3.27. The summed E-state index contributed by atoms with van der Waals surface area (Å²) in [5.74, 6) is -1.60. The molecule has 1 aromatic heterocycles. The van der Waals surface area contributed by atoms with Crippen molar-refractivity contribution >= 4 is 56.0 Å². The minimum atomic E-state index is -4.81. The zero-order chi connectivity index (χ0) is 20.5. The maximum atomic E-state index is 12.3. The zero-order valence-corrected chi connectivity index (χ0v) is 15.1. The monoisotopic (exact) mass is 431 g/mol. The Bertz CT molecular complexity index is 1070. The molecular formula is C16H9ClF3N3O4S. The van der Waals surface area contributed by atoms with Crippen LogP contribution in [0.2, 0.25) is 5.02 Å². The highest BCUT2D eigenvalue weighted by Crippen LogP contribution is 2.31. The maximum absolute atomic E-state index is 12.3. The predicted molar refractivity (Wildman–Crippen MR) is 97.4 cm³/mol. The number of urea groups is 1. The van der Waals surface area contributed by atoms with Crippen LogP contribution in [0, 0.1) is 0 Å². The van der Waals surface area contributed by atoms with E-state index in [1.807, 2.05) is 0 Å². The van der Waals surface area contributed by atoms with Crippen LogP contribution in [0.5, 0.6) is 5.75 Å². The van der Waals surface area contributed by atoms with Gasteiger partial charge in [-0.05, 0) is 30.3 Å². The number of thiazole rings is 1. The van der Waals surface area contributed by atoms with Gasteiger partial charge in [-0.2, -0.15) is 0 Å². The number of nitrogens with one attached hydrogen (secondary N) is 2. The molecule has 0 fully saturated rings. The number of carboxylic acids is 1. The van der Waals surface area contributed by atoms with Gasteiger partial charge < -0.3 is 15.2 Å². The topological polar surface area (TPSA) is 101 Å². The molecule has 12 heteroatoms. The Morgan fingerprint density at radius 1 is 1.14 bits per heavy atom. The summed E-state index contributed by atoms with van der Waals surface area (Å²) < 4.78 is 41.1. The van der Waals surface area contributed by atoms with Crippen molar-refractivity contribution in [2.75, 3.05) is 10.6 Å². The van der Waals surface area contributed by atoms with Crippen LogP contribution in [-0.4, -0.2) is 28.5 Å². The molecule has 3 N–H and O–H groups in total. The van der Waals surface area contributed by atoms with Gasteiger partial charge in [-0.15, -0.1) is 13.2 Å². The molecule has 2 amide bonds. The second-order valence-electron chi connectivity index (χ2n) is 5.28. The van der Waals surface area contributed by atoms with Gasteiger partial charge in [0.25, 0.3) is 0 Å². The van der Waals surface area contributed by atoms with Crippen LogP contribution in [0.15, 0.2) is 36.4 Å². The average Bonchev–Trinajstić information content (AvgIpc) is 2.94. The average molecular weight is 432 g/mol. The second-order valence-corrected chi connectivity index (χ2v) is 6.71. The number of carboxylic acid groups (broad SMARTS) is 1. The maximum Gasteiger partial charge on any atom is 0.573 e. The van der Waals surface area contributed by atoms with Gasteiger partial charge in [0.1, 0.15) is 5.75 Å². The van der Waals surface area contributed by atoms with E-state index in [-0.39, 0.29) is 21.4 Å². The van der Waals surface area contributed by atoms with Crippen LogP contribution in [0.4, 0.5) is 28.8 Å².